The first-order valence-electron chi connectivity index (χ1n) is 4.11. The smallest absolute Gasteiger partial charge is 0.256 e. The van der Waals surface area contributed by atoms with Crippen LogP contribution in [0.2, 0.25) is 0 Å². The van der Waals surface area contributed by atoms with Crippen molar-refractivity contribution < 1.29 is 9.18 Å². The van der Waals surface area contributed by atoms with Crippen molar-refractivity contribution in [3.8, 4) is 0 Å². The highest BCUT2D eigenvalue weighted by molar-refractivity contribution is 5.84. The van der Waals surface area contributed by atoms with Crippen molar-refractivity contribution in [2.45, 2.75) is 0 Å². The number of aromatic nitrogens is 1. The van der Waals surface area contributed by atoms with Gasteiger partial charge in [-0.15, -0.1) is 0 Å². The summed E-state index contributed by atoms with van der Waals surface area (Å²) in [7, 11) is 0. The Bertz CT molecular complexity index is 627. The van der Waals surface area contributed by atoms with E-state index in [0.29, 0.717) is 0 Å². The van der Waals surface area contributed by atoms with E-state index in [4.69, 9.17) is 0 Å². The topological polar surface area (TPSA) is 62.3 Å². The van der Waals surface area contributed by atoms with Crippen LogP contribution in [0.3, 0.4) is 0 Å². The summed E-state index contributed by atoms with van der Waals surface area (Å²) >= 11 is 0. The van der Waals surface area contributed by atoms with Crippen molar-refractivity contribution in [3.05, 3.63) is 40.6 Å². The second-order valence-corrected chi connectivity index (χ2v) is 2.90. The number of H-pyrrole nitrogens is 1. The Kier molecular flexibility index (Phi) is 2.15. The SMILES string of the molecule is O=C=Nc1ccc2c(F)c[nH]c(=O)c2c1. The van der Waals surface area contributed by atoms with Crippen molar-refractivity contribution in [2.75, 3.05) is 0 Å². The summed E-state index contributed by atoms with van der Waals surface area (Å²) in [5, 5.41) is 0.357. The molecule has 4 nitrogen and oxygen atoms in total. The molecule has 0 atom stereocenters. The number of fused-ring (bicyclic) bond motifs is 1. The molecule has 0 saturated heterocycles. The number of halogens is 1. The van der Waals surface area contributed by atoms with Crippen molar-refractivity contribution in [3.63, 3.8) is 0 Å². The molecule has 0 radical (unpaired) electrons. The molecule has 1 heterocycles. The van der Waals surface area contributed by atoms with Crippen LogP contribution in [-0.4, -0.2) is 11.1 Å². The maximum Gasteiger partial charge on any atom is 0.256 e. The third kappa shape index (κ3) is 1.56. The highest BCUT2D eigenvalue weighted by Crippen LogP contribution is 2.19. The van der Waals surface area contributed by atoms with E-state index in [1.807, 2.05) is 0 Å². The number of aliphatic imine (C=N–C) groups is 1. The molecule has 5 heteroatoms. The Hall–Kier alpha value is -2.26. The zero-order chi connectivity index (χ0) is 10.8. The summed E-state index contributed by atoms with van der Waals surface area (Å²) < 4.78 is 13.2. The number of hydrogen-bond donors (Lipinski definition) is 1. The molecule has 2 aromatic rings. The van der Waals surface area contributed by atoms with Gasteiger partial charge in [-0.3, -0.25) is 4.79 Å². The van der Waals surface area contributed by atoms with Gasteiger partial charge in [-0.05, 0) is 18.2 Å². The molecule has 0 bridgehead atoms. The fourth-order valence-corrected chi connectivity index (χ4v) is 1.34. The number of pyridine rings is 1. The van der Waals surface area contributed by atoms with E-state index in [1.54, 1.807) is 0 Å². The molecule has 0 spiro atoms. The minimum absolute atomic E-state index is 0.159. The summed E-state index contributed by atoms with van der Waals surface area (Å²) in [5.74, 6) is -0.522. The van der Waals surface area contributed by atoms with Crippen LogP contribution in [0, 0.1) is 5.82 Å². The first-order valence-corrected chi connectivity index (χ1v) is 4.11. The third-order valence-corrected chi connectivity index (χ3v) is 2.01. The maximum absolute atomic E-state index is 13.2. The van der Waals surface area contributed by atoms with Crippen LogP contribution in [0.25, 0.3) is 10.8 Å². The van der Waals surface area contributed by atoms with Gasteiger partial charge in [0.25, 0.3) is 5.56 Å². The van der Waals surface area contributed by atoms with Gasteiger partial charge in [0, 0.05) is 11.6 Å². The fourth-order valence-electron chi connectivity index (χ4n) is 1.34. The van der Waals surface area contributed by atoms with Crippen molar-refractivity contribution in [1.82, 2.24) is 4.98 Å². The molecule has 1 N–H and O–H groups in total. The highest BCUT2D eigenvalue weighted by Gasteiger charge is 2.04. The lowest BCUT2D eigenvalue weighted by Gasteiger charge is -1.98. The number of aromatic amines is 1. The Balaban J connectivity index is 2.87. The summed E-state index contributed by atoms with van der Waals surface area (Å²) in [6.07, 6.45) is 2.35. The molecule has 74 valence electrons. The van der Waals surface area contributed by atoms with Crippen LogP contribution in [0.4, 0.5) is 10.1 Å². The van der Waals surface area contributed by atoms with E-state index in [0.717, 1.165) is 6.20 Å². The lowest BCUT2D eigenvalue weighted by atomic mass is 10.1. The minimum atomic E-state index is -0.522. The average Bonchev–Trinajstić information content (AvgIpc) is 2.24. The molecule has 0 unspecified atom stereocenters. The normalized spacial score (nSPS) is 9.93. The van der Waals surface area contributed by atoms with Crippen molar-refractivity contribution in [1.29, 1.82) is 0 Å². The van der Waals surface area contributed by atoms with Gasteiger partial charge in [0.1, 0.15) is 5.82 Å². The maximum atomic E-state index is 13.2. The zero-order valence-corrected chi connectivity index (χ0v) is 7.45. The molecule has 0 fully saturated rings. The van der Waals surface area contributed by atoms with Crippen LogP contribution < -0.4 is 5.56 Å². The molecule has 2 rings (SSSR count). The van der Waals surface area contributed by atoms with Crippen LogP contribution in [0.15, 0.2) is 34.2 Å². The molecule has 1 aromatic heterocycles. The standard InChI is InChI=1S/C10H5FN2O2/c11-9-4-12-10(15)8-3-6(13-5-14)1-2-7(8)9/h1-4H,(H,12,15). The fraction of sp³-hybridized carbons (Fsp3) is 0. The van der Waals surface area contributed by atoms with Crippen molar-refractivity contribution in [2.24, 2.45) is 4.99 Å². The Labute approximate surface area is 83.1 Å². The molecule has 0 saturated carbocycles. The van der Waals surface area contributed by atoms with Gasteiger partial charge in [-0.2, -0.15) is 4.99 Å². The summed E-state index contributed by atoms with van der Waals surface area (Å²) in [5.41, 5.74) is -0.150. The van der Waals surface area contributed by atoms with Crippen LogP contribution >= 0.6 is 0 Å². The number of rotatable bonds is 1. The van der Waals surface area contributed by atoms with Crippen molar-refractivity contribution >= 4 is 22.5 Å². The predicted octanol–water partition coefficient (Wildman–Crippen LogP) is 1.63. The number of hydrogen-bond acceptors (Lipinski definition) is 3. The highest BCUT2D eigenvalue weighted by atomic mass is 19.1. The minimum Gasteiger partial charge on any atom is -0.326 e. The number of nitrogens with one attached hydrogen (secondary N) is 1. The second kappa shape index (κ2) is 3.48. The predicted molar refractivity (Wildman–Crippen MR) is 52.3 cm³/mol. The average molecular weight is 204 g/mol. The van der Waals surface area contributed by atoms with Crippen LogP contribution in [0.1, 0.15) is 0 Å². The van der Waals surface area contributed by atoms with Gasteiger partial charge in [0.2, 0.25) is 6.08 Å². The van der Waals surface area contributed by atoms with Crippen LogP contribution in [-0.2, 0) is 4.79 Å². The molecule has 1 aromatic carbocycles. The Morgan fingerprint density at radius 2 is 2.13 bits per heavy atom. The largest absolute Gasteiger partial charge is 0.326 e. The molecular weight excluding hydrogens is 199 g/mol. The van der Waals surface area contributed by atoms with E-state index in [1.165, 1.54) is 24.3 Å². The van der Waals surface area contributed by atoms with Gasteiger partial charge in [0.05, 0.1) is 11.1 Å². The molecule has 0 aliphatic rings. The zero-order valence-electron chi connectivity index (χ0n) is 7.45. The molecule has 0 aliphatic carbocycles. The van der Waals surface area contributed by atoms with Gasteiger partial charge in [-0.1, -0.05) is 0 Å². The number of nitrogens with zero attached hydrogens (tertiary/aromatic N) is 1. The summed E-state index contributed by atoms with van der Waals surface area (Å²) in [6.45, 7) is 0. The first-order chi connectivity index (χ1) is 7.22. The van der Waals surface area contributed by atoms with E-state index in [2.05, 4.69) is 9.98 Å². The molecular formula is C10H5FN2O2. The van der Waals surface area contributed by atoms with Gasteiger partial charge >= 0.3 is 0 Å². The first kappa shape index (κ1) is 9.30. The quantitative estimate of drug-likeness (QED) is 0.566. The second-order valence-electron chi connectivity index (χ2n) is 2.90. The van der Waals surface area contributed by atoms with Crippen LogP contribution in [0.5, 0.6) is 0 Å². The molecule has 15 heavy (non-hydrogen) atoms. The monoisotopic (exact) mass is 204 g/mol. The summed E-state index contributed by atoms with van der Waals surface area (Å²) in [6, 6.07) is 4.17. The van der Waals surface area contributed by atoms with E-state index >= 15 is 0 Å². The van der Waals surface area contributed by atoms with Gasteiger partial charge in [-0.25, -0.2) is 9.18 Å². The number of carbonyl (C=O) groups excluding carboxylic acids is 1. The van der Waals surface area contributed by atoms with E-state index < -0.39 is 11.4 Å². The molecule has 0 amide bonds. The van der Waals surface area contributed by atoms with Gasteiger partial charge in [0.15, 0.2) is 0 Å². The number of benzene rings is 1. The lowest BCUT2D eigenvalue weighted by Crippen LogP contribution is -2.05. The number of isocyanates is 1. The lowest BCUT2D eigenvalue weighted by molar-refractivity contribution is 0.565. The Morgan fingerprint density at radius 1 is 1.33 bits per heavy atom. The molecule has 0 aliphatic heterocycles. The third-order valence-electron chi connectivity index (χ3n) is 2.01. The van der Waals surface area contributed by atoms with E-state index in [-0.39, 0.29) is 16.5 Å². The van der Waals surface area contributed by atoms with Gasteiger partial charge < -0.3 is 4.98 Å². The summed E-state index contributed by atoms with van der Waals surface area (Å²) in [4.78, 5) is 26.9. The van der Waals surface area contributed by atoms with E-state index in [9.17, 15) is 14.0 Å². The Morgan fingerprint density at radius 3 is 2.87 bits per heavy atom.